The summed E-state index contributed by atoms with van der Waals surface area (Å²) in [7, 11) is 0. The monoisotopic (exact) mass is 444 g/mol. The maximum absolute atomic E-state index is 13.7. The molecule has 0 saturated heterocycles. The summed E-state index contributed by atoms with van der Waals surface area (Å²) < 4.78 is 15.4. The van der Waals surface area contributed by atoms with Crippen molar-refractivity contribution in [1.29, 1.82) is 0 Å². The lowest BCUT2D eigenvalue weighted by Gasteiger charge is -2.09. The van der Waals surface area contributed by atoms with Gasteiger partial charge in [-0.1, -0.05) is 41.6 Å². The third-order valence-corrected chi connectivity index (χ3v) is 5.29. The number of anilines is 1. The van der Waals surface area contributed by atoms with E-state index < -0.39 is 11.7 Å². The second-order valence-electron chi connectivity index (χ2n) is 6.22. The van der Waals surface area contributed by atoms with Crippen LogP contribution in [0.25, 0.3) is 0 Å². The number of benzene rings is 2. The van der Waals surface area contributed by atoms with E-state index in [1.165, 1.54) is 23.9 Å². The van der Waals surface area contributed by atoms with Crippen LogP contribution >= 0.6 is 23.4 Å². The molecule has 0 aliphatic carbocycles. The van der Waals surface area contributed by atoms with Gasteiger partial charge in [-0.05, 0) is 36.4 Å². The Labute approximate surface area is 182 Å². The number of carbonyl (C=O) groups excluding carboxylic acids is 2. The predicted molar refractivity (Wildman–Crippen MR) is 115 cm³/mol. The van der Waals surface area contributed by atoms with Crippen LogP contribution in [0.3, 0.4) is 0 Å². The van der Waals surface area contributed by atoms with Gasteiger partial charge in [-0.25, -0.2) is 4.39 Å². The highest BCUT2D eigenvalue weighted by molar-refractivity contribution is 7.99. The molecule has 1 amide bonds. The molecule has 0 aliphatic heterocycles. The number of nitrogens with one attached hydrogen (secondary N) is 1. The minimum atomic E-state index is -0.518. The average molecular weight is 445 g/mol. The van der Waals surface area contributed by atoms with Crippen LogP contribution in [0, 0.1) is 5.82 Å². The third kappa shape index (κ3) is 5.55. The Morgan fingerprint density at radius 3 is 2.60 bits per heavy atom. The number of carbonyl (C=O) groups is 2. The van der Waals surface area contributed by atoms with Crippen LogP contribution in [0.15, 0.2) is 66.3 Å². The van der Waals surface area contributed by atoms with Gasteiger partial charge in [0.1, 0.15) is 11.6 Å². The highest BCUT2D eigenvalue weighted by Crippen LogP contribution is 2.20. The quantitative estimate of drug-likeness (QED) is 0.300. The Hall–Kier alpha value is -2.97. The first-order chi connectivity index (χ1) is 14.5. The summed E-state index contributed by atoms with van der Waals surface area (Å²) >= 11 is 7.06. The van der Waals surface area contributed by atoms with Gasteiger partial charge in [-0.15, -0.1) is 16.8 Å². The van der Waals surface area contributed by atoms with Crippen LogP contribution in [0.1, 0.15) is 16.2 Å². The Bertz CT molecular complexity index is 1070. The number of hydrogen-bond donors (Lipinski definition) is 1. The van der Waals surface area contributed by atoms with E-state index in [0.29, 0.717) is 28.1 Å². The number of ketones is 1. The van der Waals surface area contributed by atoms with Gasteiger partial charge >= 0.3 is 0 Å². The van der Waals surface area contributed by atoms with Crippen LogP contribution in [-0.4, -0.2) is 32.2 Å². The lowest BCUT2D eigenvalue weighted by Crippen LogP contribution is -2.18. The van der Waals surface area contributed by atoms with E-state index in [9.17, 15) is 14.0 Å². The highest BCUT2D eigenvalue weighted by Gasteiger charge is 2.17. The zero-order chi connectivity index (χ0) is 21.5. The molecular weight excluding hydrogens is 427 g/mol. The van der Waals surface area contributed by atoms with Crippen molar-refractivity contribution in [2.75, 3.05) is 11.1 Å². The first-order valence-corrected chi connectivity index (χ1v) is 10.3. The van der Waals surface area contributed by atoms with E-state index in [2.05, 4.69) is 22.1 Å². The lowest BCUT2D eigenvalue weighted by molar-refractivity contribution is -0.115. The second kappa shape index (κ2) is 10.2. The van der Waals surface area contributed by atoms with Crippen molar-refractivity contribution in [3.8, 4) is 0 Å². The molecule has 1 heterocycles. The van der Waals surface area contributed by atoms with Crippen molar-refractivity contribution in [3.63, 3.8) is 0 Å². The zero-order valence-electron chi connectivity index (χ0n) is 15.8. The molecule has 3 rings (SSSR count). The fourth-order valence-corrected chi connectivity index (χ4v) is 3.61. The van der Waals surface area contributed by atoms with E-state index in [1.807, 2.05) is 0 Å². The molecule has 9 heteroatoms. The normalized spacial score (nSPS) is 10.6. The molecule has 30 heavy (non-hydrogen) atoms. The second-order valence-corrected chi connectivity index (χ2v) is 7.60. The molecule has 154 valence electrons. The van der Waals surface area contributed by atoms with E-state index >= 15 is 0 Å². The third-order valence-electron chi connectivity index (χ3n) is 4.07. The molecule has 0 atom stereocenters. The van der Waals surface area contributed by atoms with Gasteiger partial charge in [0.2, 0.25) is 5.91 Å². The zero-order valence-corrected chi connectivity index (χ0v) is 17.4. The van der Waals surface area contributed by atoms with Crippen LogP contribution in [0.5, 0.6) is 0 Å². The van der Waals surface area contributed by atoms with Gasteiger partial charge in [0.05, 0.1) is 17.9 Å². The summed E-state index contributed by atoms with van der Waals surface area (Å²) in [4.78, 5) is 24.7. The molecule has 0 radical (unpaired) electrons. The minimum absolute atomic E-state index is 0.0799. The summed E-state index contributed by atoms with van der Waals surface area (Å²) in [5.41, 5.74) is 0.645. The number of halogens is 2. The highest BCUT2D eigenvalue weighted by atomic mass is 35.5. The molecule has 0 fully saturated rings. The Balaban J connectivity index is 1.67. The summed E-state index contributed by atoms with van der Waals surface area (Å²) in [6, 6.07) is 12.6. The number of hydrogen-bond acceptors (Lipinski definition) is 5. The molecule has 0 bridgehead atoms. The molecule has 1 aromatic heterocycles. The topological polar surface area (TPSA) is 76.9 Å². The van der Waals surface area contributed by atoms with Gasteiger partial charge in [-0.2, -0.15) is 0 Å². The van der Waals surface area contributed by atoms with Gasteiger partial charge in [0.25, 0.3) is 0 Å². The number of para-hydroxylation sites is 1. The molecule has 1 N–H and O–H groups in total. The molecule has 2 aromatic carbocycles. The minimum Gasteiger partial charge on any atom is -0.323 e. The summed E-state index contributed by atoms with van der Waals surface area (Å²) in [5.74, 6) is -0.478. The molecule has 0 spiro atoms. The summed E-state index contributed by atoms with van der Waals surface area (Å²) in [6.07, 6.45) is 1.55. The van der Waals surface area contributed by atoms with Crippen molar-refractivity contribution in [2.45, 2.75) is 18.1 Å². The molecule has 6 nitrogen and oxygen atoms in total. The van der Waals surface area contributed by atoms with Crippen LogP contribution in [0.4, 0.5) is 10.1 Å². The Morgan fingerprint density at radius 1 is 1.17 bits per heavy atom. The van der Waals surface area contributed by atoms with Crippen LogP contribution in [-0.2, 0) is 17.8 Å². The van der Waals surface area contributed by atoms with Crippen molar-refractivity contribution < 1.29 is 14.0 Å². The van der Waals surface area contributed by atoms with Gasteiger partial charge in [0.15, 0.2) is 10.9 Å². The maximum atomic E-state index is 13.7. The van der Waals surface area contributed by atoms with E-state index in [1.54, 1.807) is 47.0 Å². The molecule has 0 saturated carbocycles. The van der Waals surface area contributed by atoms with Crippen LogP contribution < -0.4 is 5.32 Å². The molecule has 0 unspecified atom stereocenters. The number of aromatic nitrogens is 3. The molecule has 0 aliphatic rings. The fourth-order valence-electron chi connectivity index (χ4n) is 2.62. The average Bonchev–Trinajstić information content (AvgIpc) is 3.10. The van der Waals surface area contributed by atoms with Gasteiger partial charge < -0.3 is 9.88 Å². The molecule has 3 aromatic rings. The van der Waals surface area contributed by atoms with E-state index in [0.717, 1.165) is 0 Å². The Morgan fingerprint density at radius 2 is 1.90 bits per heavy atom. The molecular formula is C21H18ClFN4O2S. The number of allylic oxidation sites excluding steroid dienone is 1. The number of thioether (sulfide) groups is 1. The lowest BCUT2D eigenvalue weighted by atomic mass is 10.1. The van der Waals surface area contributed by atoms with Crippen molar-refractivity contribution in [1.82, 2.24) is 14.8 Å². The van der Waals surface area contributed by atoms with E-state index in [-0.39, 0.29) is 23.6 Å². The number of Topliss-reactive ketones (excluding diaryl/α,β-unsaturated/α-hetero) is 1. The summed E-state index contributed by atoms with van der Waals surface area (Å²) in [5, 5.41) is 11.7. The number of rotatable bonds is 9. The largest absolute Gasteiger partial charge is 0.323 e. The number of nitrogens with zero attached hydrogens (tertiary/aromatic N) is 3. The van der Waals surface area contributed by atoms with Crippen molar-refractivity contribution in [2.24, 2.45) is 0 Å². The first-order valence-electron chi connectivity index (χ1n) is 8.97. The SMILES string of the molecule is C=CCn1c(CC(=O)Nc2ccccc2F)nnc1SCC(=O)c1ccc(Cl)cc1. The van der Waals surface area contributed by atoms with Gasteiger partial charge in [-0.3, -0.25) is 9.59 Å². The van der Waals surface area contributed by atoms with Crippen molar-refractivity contribution >= 4 is 40.7 Å². The summed E-state index contributed by atoms with van der Waals surface area (Å²) in [6.45, 7) is 4.08. The smallest absolute Gasteiger partial charge is 0.232 e. The fraction of sp³-hybridized carbons (Fsp3) is 0.143. The van der Waals surface area contributed by atoms with Gasteiger partial charge in [0, 0.05) is 17.1 Å². The maximum Gasteiger partial charge on any atom is 0.232 e. The van der Waals surface area contributed by atoms with Crippen molar-refractivity contribution in [3.05, 3.63) is 83.4 Å². The predicted octanol–water partition coefficient (Wildman–Crippen LogP) is 4.41. The first kappa shape index (κ1) is 21.7. The van der Waals surface area contributed by atoms with Crippen LogP contribution in [0.2, 0.25) is 5.02 Å². The Kier molecular flexibility index (Phi) is 7.37. The standard InChI is InChI=1S/C21H18ClFN4O2S/c1-2-11-27-19(12-20(29)24-17-6-4-3-5-16(17)23)25-26-21(27)30-13-18(28)14-7-9-15(22)10-8-14/h2-10H,1,11-13H2,(H,24,29). The number of amides is 1. The van der Waals surface area contributed by atoms with E-state index in [4.69, 9.17) is 11.6 Å².